The minimum Gasteiger partial charge on any atom is -0.488 e. The Balaban J connectivity index is 1.36. The van der Waals surface area contributed by atoms with Crippen LogP contribution in [0.1, 0.15) is 31.0 Å². The summed E-state index contributed by atoms with van der Waals surface area (Å²) in [7, 11) is 0. The van der Waals surface area contributed by atoms with E-state index in [2.05, 4.69) is 21.9 Å². The molecule has 2 aliphatic heterocycles. The summed E-state index contributed by atoms with van der Waals surface area (Å²) in [5.41, 5.74) is 2.95. The van der Waals surface area contributed by atoms with Crippen molar-refractivity contribution in [3.8, 4) is 5.75 Å². The van der Waals surface area contributed by atoms with E-state index in [4.69, 9.17) is 9.47 Å². The number of benzene rings is 1. The molecule has 1 unspecified atom stereocenters. The van der Waals surface area contributed by atoms with Crippen LogP contribution in [0.4, 0.5) is 24.7 Å². The first-order chi connectivity index (χ1) is 13.8. The summed E-state index contributed by atoms with van der Waals surface area (Å²) in [5.74, 6) is 1.22. The van der Waals surface area contributed by atoms with Crippen molar-refractivity contribution in [2.75, 3.05) is 24.6 Å². The van der Waals surface area contributed by atoms with Crippen molar-refractivity contribution in [1.29, 1.82) is 0 Å². The second-order valence-electron chi connectivity index (χ2n) is 7.80. The molecule has 0 N–H and O–H groups in total. The van der Waals surface area contributed by atoms with Crippen LogP contribution in [0.25, 0.3) is 0 Å². The lowest BCUT2D eigenvalue weighted by atomic mass is 9.98. The highest BCUT2D eigenvalue weighted by molar-refractivity contribution is 6.21. The molecular weight excluding hydrogens is 385 g/mol. The Morgan fingerprint density at radius 2 is 2.03 bits per heavy atom. The predicted octanol–water partition coefficient (Wildman–Crippen LogP) is 3.66. The summed E-state index contributed by atoms with van der Waals surface area (Å²) in [4.78, 5) is 14.5. The Labute approximate surface area is 165 Å². The van der Waals surface area contributed by atoms with E-state index in [1.807, 2.05) is 18.2 Å². The van der Waals surface area contributed by atoms with Crippen molar-refractivity contribution in [2.45, 2.75) is 37.6 Å². The fourth-order valence-corrected chi connectivity index (χ4v) is 3.46. The fourth-order valence-electron chi connectivity index (χ4n) is 3.46. The van der Waals surface area contributed by atoms with Crippen LogP contribution in [0.2, 0.25) is 0 Å². The largest absolute Gasteiger partial charge is 0.488 e. The van der Waals surface area contributed by atoms with Gasteiger partial charge in [-0.3, -0.25) is 0 Å². The number of aliphatic imine (C=N–C) groups is 1. The van der Waals surface area contributed by atoms with E-state index < -0.39 is 12.3 Å². The monoisotopic (exact) mass is 404 g/mol. The number of halogens is 3. The molecule has 1 aromatic carbocycles. The molecule has 2 aromatic rings. The Bertz CT molecular complexity index is 988. The third-order valence-electron chi connectivity index (χ3n) is 5.42. The van der Waals surface area contributed by atoms with Gasteiger partial charge in [0.15, 0.2) is 6.10 Å². The Hall–Kier alpha value is -2.68. The second kappa shape index (κ2) is 6.41. The number of alkyl halides is 3. The maximum atomic E-state index is 13.0. The van der Waals surface area contributed by atoms with Gasteiger partial charge in [0, 0.05) is 18.2 Å². The first-order valence-electron chi connectivity index (χ1n) is 9.49. The van der Waals surface area contributed by atoms with Crippen LogP contribution in [0.3, 0.4) is 0 Å². The van der Waals surface area contributed by atoms with Gasteiger partial charge in [-0.05, 0) is 38.0 Å². The van der Waals surface area contributed by atoms with Crippen molar-refractivity contribution in [3.63, 3.8) is 0 Å². The SMILES string of the molecule is CC1(Oc2ccc3c(c2)C(c2cc(N4CCOC(C(F)(F)F)C4)ncn2)=N3)CC1. The topological polar surface area (TPSA) is 59.8 Å². The maximum Gasteiger partial charge on any atom is 0.416 e. The normalized spacial score (nSPS) is 22.4. The Morgan fingerprint density at radius 3 is 2.79 bits per heavy atom. The average molecular weight is 404 g/mol. The van der Waals surface area contributed by atoms with E-state index >= 15 is 0 Å². The predicted molar refractivity (Wildman–Crippen MR) is 100 cm³/mol. The van der Waals surface area contributed by atoms with Gasteiger partial charge in [-0.25, -0.2) is 15.0 Å². The van der Waals surface area contributed by atoms with E-state index in [1.54, 1.807) is 11.0 Å². The van der Waals surface area contributed by atoms with Crippen LogP contribution in [-0.4, -0.2) is 53.3 Å². The molecule has 152 valence electrons. The van der Waals surface area contributed by atoms with Crippen LogP contribution in [-0.2, 0) is 4.74 Å². The van der Waals surface area contributed by atoms with Crippen LogP contribution >= 0.6 is 0 Å². The van der Waals surface area contributed by atoms with Crippen molar-refractivity contribution in [1.82, 2.24) is 9.97 Å². The lowest BCUT2D eigenvalue weighted by molar-refractivity contribution is -0.221. The van der Waals surface area contributed by atoms with Crippen LogP contribution in [0.5, 0.6) is 5.75 Å². The highest BCUT2D eigenvalue weighted by Crippen LogP contribution is 2.42. The molecule has 0 bridgehead atoms. The van der Waals surface area contributed by atoms with Crippen molar-refractivity contribution >= 4 is 17.2 Å². The number of fused-ring (bicyclic) bond motifs is 1. The molecular formula is C20H19F3N4O2. The van der Waals surface area contributed by atoms with E-state index in [0.29, 0.717) is 23.8 Å². The summed E-state index contributed by atoms with van der Waals surface area (Å²) in [6, 6.07) is 7.42. The summed E-state index contributed by atoms with van der Waals surface area (Å²) >= 11 is 0. The van der Waals surface area contributed by atoms with E-state index in [0.717, 1.165) is 29.8 Å². The molecule has 0 spiro atoms. The van der Waals surface area contributed by atoms with Gasteiger partial charge in [0.1, 0.15) is 23.5 Å². The van der Waals surface area contributed by atoms with Crippen LogP contribution in [0, 0.1) is 0 Å². The van der Waals surface area contributed by atoms with Crippen molar-refractivity contribution in [2.24, 2.45) is 4.99 Å². The molecule has 9 heteroatoms. The summed E-state index contributed by atoms with van der Waals surface area (Å²) in [5, 5.41) is 0. The zero-order valence-electron chi connectivity index (χ0n) is 15.7. The fraction of sp³-hybridized carbons (Fsp3) is 0.450. The van der Waals surface area contributed by atoms with Gasteiger partial charge in [-0.1, -0.05) is 0 Å². The number of hydrogen-bond acceptors (Lipinski definition) is 6. The molecule has 5 rings (SSSR count). The lowest BCUT2D eigenvalue weighted by Crippen LogP contribution is -2.49. The molecule has 1 aliphatic carbocycles. The number of hydrogen-bond donors (Lipinski definition) is 0. The second-order valence-corrected chi connectivity index (χ2v) is 7.80. The third kappa shape index (κ3) is 3.55. The molecule has 0 amide bonds. The third-order valence-corrected chi connectivity index (χ3v) is 5.42. The molecule has 3 aliphatic rings. The Morgan fingerprint density at radius 1 is 1.21 bits per heavy atom. The van der Waals surface area contributed by atoms with E-state index in [9.17, 15) is 13.2 Å². The summed E-state index contributed by atoms with van der Waals surface area (Å²) in [6.45, 7) is 2.11. The number of rotatable bonds is 4. The quantitative estimate of drug-likeness (QED) is 0.664. The minimum atomic E-state index is -4.40. The number of morpholine rings is 1. The molecule has 1 atom stereocenters. The van der Waals surface area contributed by atoms with Crippen molar-refractivity contribution < 1.29 is 22.6 Å². The molecule has 1 saturated carbocycles. The maximum absolute atomic E-state index is 13.0. The number of aromatic nitrogens is 2. The minimum absolute atomic E-state index is 0.00718. The standard InChI is InChI=1S/C20H19F3N4O2/c1-19(4-5-19)29-12-2-3-14-13(8-12)18(26-14)15-9-17(25-11-24-15)27-6-7-28-16(10-27)20(21,22)23/h2-3,8-9,11,16H,4-7,10H2,1H3. The zero-order valence-corrected chi connectivity index (χ0v) is 15.7. The summed E-state index contributed by atoms with van der Waals surface area (Å²) < 4.78 is 49.9. The first-order valence-corrected chi connectivity index (χ1v) is 9.49. The number of ether oxygens (including phenoxy) is 2. The molecule has 0 radical (unpaired) electrons. The van der Waals surface area contributed by atoms with Crippen LogP contribution < -0.4 is 9.64 Å². The molecule has 1 aromatic heterocycles. The van der Waals surface area contributed by atoms with Gasteiger partial charge >= 0.3 is 6.18 Å². The van der Waals surface area contributed by atoms with Gasteiger partial charge in [0.2, 0.25) is 0 Å². The van der Waals surface area contributed by atoms with Gasteiger partial charge < -0.3 is 14.4 Å². The van der Waals surface area contributed by atoms with E-state index in [1.165, 1.54) is 6.33 Å². The first kappa shape index (κ1) is 18.4. The lowest BCUT2D eigenvalue weighted by Gasteiger charge is -2.34. The molecule has 29 heavy (non-hydrogen) atoms. The van der Waals surface area contributed by atoms with Gasteiger partial charge in [-0.15, -0.1) is 0 Å². The smallest absolute Gasteiger partial charge is 0.416 e. The summed E-state index contributed by atoms with van der Waals surface area (Å²) in [6.07, 6.45) is -2.79. The van der Waals surface area contributed by atoms with Crippen LogP contribution in [0.15, 0.2) is 35.6 Å². The van der Waals surface area contributed by atoms with E-state index in [-0.39, 0.29) is 18.8 Å². The number of nitrogens with zero attached hydrogens (tertiary/aromatic N) is 4. The van der Waals surface area contributed by atoms with Gasteiger partial charge in [0.05, 0.1) is 30.2 Å². The average Bonchev–Trinajstić information content (AvgIpc) is 3.40. The number of anilines is 1. The molecule has 2 fully saturated rings. The van der Waals surface area contributed by atoms with Gasteiger partial charge in [0.25, 0.3) is 0 Å². The van der Waals surface area contributed by atoms with Crippen molar-refractivity contribution in [3.05, 3.63) is 41.9 Å². The van der Waals surface area contributed by atoms with Gasteiger partial charge in [-0.2, -0.15) is 13.2 Å². The molecule has 1 saturated heterocycles. The molecule has 6 nitrogen and oxygen atoms in total. The zero-order chi connectivity index (χ0) is 20.2. The highest BCUT2D eigenvalue weighted by atomic mass is 19.4. The highest BCUT2D eigenvalue weighted by Gasteiger charge is 2.44. The molecule has 3 heterocycles. The Kier molecular flexibility index (Phi) is 4.06.